The maximum atomic E-state index is 13.2. The van der Waals surface area contributed by atoms with E-state index in [0.717, 1.165) is 5.56 Å². The fourth-order valence-corrected chi connectivity index (χ4v) is 4.69. The first-order chi connectivity index (χ1) is 13.1. The predicted octanol–water partition coefficient (Wildman–Crippen LogP) is 1.63. The summed E-state index contributed by atoms with van der Waals surface area (Å²) < 4.78 is 29.8. The molecular formula is C18H21ClN6O2S. The lowest BCUT2D eigenvalue weighted by molar-refractivity contribution is 0.258. The van der Waals surface area contributed by atoms with Crippen molar-refractivity contribution in [3.8, 4) is 11.4 Å². The Morgan fingerprint density at radius 3 is 2.46 bits per heavy atom. The van der Waals surface area contributed by atoms with Crippen LogP contribution in [-0.2, 0) is 17.1 Å². The van der Waals surface area contributed by atoms with Crippen LogP contribution in [-0.4, -0.2) is 51.9 Å². The Hall–Kier alpha value is -2.33. The van der Waals surface area contributed by atoms with Crippen LogP contribution in [0.5, 0.6) is 0 Å². The van der Waals surface area contributed by atoms with Crippen LogP contribution in [0.3, 0.4) is 0 Å². The van der Waals surface area contributed by atoms with E-state index in [2.05, 4.69) is 20.3 Å². The summed E-state index contributed by atoms with van der Waals surface area (Å²) in [6.45, 7) is 1.45. The van der Waals surface area contributed by atoms with Crippen molar-refractivity contribution >= 4 is 22.4 Å². The highest BCUT2D eigenvalue weighted by atomic mass is 35.5. The Labute approximate surface area is 170 Å². The molecule has 8 nitrogen and oxygen atoms in total. The molecule has 4 rings (SSSR count). The van der Waals surface area contributed by atoms with Gasteiger partial charge in [0.15, 0.2) is 5.82 Å². The Balaban J connectivity index is 0.00000225. The highest BCUT2D eigenvalue weighted by Crippen LogP contribution is 2.27. The maximum Gasteiger partial charge on any atom is 0.246 e. The van der Waals surface area contributed by atoms with Gasteiger partial charge in [0.1, 0.15) is 10.7 Å². The summed E-state index contributed by atoms with van der Waals surface area (Å²) in [5.74, 6) is 1.20. The van der Waals surface area contributed by atoms with E-state index in [1.54, 1.807) is 6.20 Å². The van der Waals surface area contributed by atoms with E-state index >= 15 is 0 Å². The third kappa shape index (κ3) is 3.79. The van der Waals surface area contributed by atoms with Gasteiger partial charge in [-0.15, -0.1) is 12.4 Å². The lowest BCUT2D eigenvalue weighted by atomic mass is 10.2. The summed E-state index contributed by atoms with van der Waals surface area (Å²) in [6.07, 6.45) is 6.24. The van der Waals surface area contributed by atoms with Gasteiger partial charge in [0.25, 0.3) is 0 Å². The molecule has 1 aliphatic heterocycles. The summed E-state index contributed by atoms with van der Waals surface area (Å²) in [4.78, 5) is 12.9. The summed E-state index contributed by atoms with van der Waals surface area (Å²) in [5.41, 5.74) is 0.842. The van der Waals surface area contributed by atoms with Gasteiger partial charge in [0.2, 0.25) is 10.0 Å². The molecule has 2 aromatic heterocycles. The first-order valence-corrected chi connectivity index (χ1v) is 10.1. The van der Waals surface area contributed by atoms with Crippen molar-refractivity contribution in [1.82, 2.24) is 29.1 Å². The van der Waals surface area contributed by atoms with Crippen molar-refractivity contribution in [1.29, 1.82) is 0 Å². The molecule has 1 saturated heterocycles. The summed E-state index contributed by atoms with van der Waals surface area (Å²) >= 11 is 0. The van der Waals surface area contributed by atoms with Crippen molar-refractivity contribution in [2.24, 2.45) is 7.05 Å². The van der Waals surface area contributed by atoms with Crippen LogP contribution in [0.15, 0.2) is 60.0 Å². The zero-order chi connectivity index (χ0) is 18.9. The molecule has 3 aromatic rings. The molecule has 0 aliphatic carbocycles. The summed E-state index contributed by atoms with van der Waals surface area (Å²) in [5, 5.41) is 3.24. The topological polar surface area (TPSA) is 93.0 Å². The number of aromatic nitrogens is 4. The van der Waals surface area contributed by atoms with Crippen LogP contribution >= 0.6 is 12.4 Å². The van der Waals surface area contributed by atoms with Crippen molar-refractivity contribution in [2.45, 2.75) is 10.9 Å². The molecule has 0 amide bonds. The zero-order valence-corrected chi connectivity index (χ0v) is 16.9. The monoisotopic (exact) mass is 420 g/mol. The number of halogens is 1. The van der Waals surface area contributed by atoms with Crippen LogP contribution in [0.2, 0.25) is 0 Å². The molecule has 0 bridgehead atoms. The fourth-order valence-electron chi connectivity index (χ4n) is 3.21. The molecule has 10 heteroatoms. The van der Waals surface area contributed by atoms with E-state index in [9.17, 15) is 8.42 Å². The molecule has 1 atom stereocenters. The molecule has 1 N–H and O–H groups in total. The number of imidazole rings is 1. The van der Waals surface area contributed by atoms with E-state index in [-0.39, 0.29) is 23.3 Å². The average molecular weight is 421 g/mol. The highest BCUT2D eigenvalue weighted by molar-refractivity contribution is 7.89. The Kier molecular flexibility index (Phi) is 6.09. The Morgan fingerprint density at radius 1 is 1.11 bits per heavy atom. The molecule has 1 fully saturated rings. The minimum absolute atomic E-state index is 0. The lowest BCUT2D eigenvalue weighted by Gasteiger charge is -2.34. The van der Waals surface area contributed by atoms with E-state index in [4.69, 9.17) is 0 Å². The number of aryl methyl sites for hydroxylation is 1. The summed E-state index contributed by atoms with van der Waals surface area (Å²) in [6, 6.07) is 9.08. The van der Waals surface area contributed by atoms with Crippen LogP contribution in [0.25, 0.3) is 11.4 Å². The van der Waals surface area contributed by atoms with Gasteiger partial charge in [-0.2, -0.15) is 4.31 Å². The number of hydrogen-bond donors (Lipinski definition) is 1. The van der Waals surface area contributed by atoms with E-state index in [1.165, 1.54) is 16.7 Å². The SMILES string of the molecule is Cl.Cn1ccnc1C1CNCCN1S(=O)(=O)c1cnc(-c2ccccc2)nc1. The van der Waals surface area contributed by atoms with Gasteiger partial charge in [-0.05, 0) is 0 Å². The van der Waals surface area contributed by atoms with E-state index < -0.39 is 10.0 Å². The number of hydrogen-bond acceptors (Lipinski definition) is 6. The van der Waals surface area contributed by atoms with Gasteiger partial charge in [0.05, 0.1) is 18.4 Å². The zero-order valence-electron chi connectivity index (χ0n) is 15.3. The second-order valence-electron chi connectivity index (χ2n) is 6.34. The molecule has 1 unspecified atom stereocenters. The third-order valence-electron chi connectivity index (χ3n) is 4.62. The molecule has 1 aromatic carbocycles. The van der Waals surface area contributed by atoms with Gasteiger partial charge in [-0.25, -0.2) is 23.4 Å². The van der Waals surface area contributed by atoms with E-state index in [1.807, 2.05) is 48.1 Å². The quantitative estimate of drug-likeness (QED) is 0.689. The number of piperazine rings is 1. The minimum atomic E-state index is -3.74. The normalized spacial score (nSPS) is 17.8. The smallest absolute Gasteiger partial charge is 0.246 e. The first kappa shape index (κ1) is 20.4. The molecular weight excluding hydrogens is 400 g/mol. The number of benzene rings is 1. The average Bonchev–Trinajstić information content (AvgIpc) is 3.14. The van der Waals surface area contributed by atoms with Crippen molar-refractivity contribution < 1.29 is 8.42 Å². The third-order valence-corrected chi connectivity index (χ3v) is 6.48. The van der Waals surface area contributed by atoms with Crippen LogP contribution < -0.4 is 5.32 Å². The molecule has 3 heterocycles. The minimum Gasteiger partial charge on any atom is -0.337 e. The molecule has 0 spiro atoms. The highest BCUT2D eigenvalue weighted by Gasteiger charge is 2.36. The largest absolute Gasteiger partial charge is 0.337 e. The van der Waals surface area contributed by atoms with Gasteiger partial charge in [-0.3, -0.25) is 0 Å². The Morgan fingerprint density at radius 2 is 1.82 bits per heavy atom. The van der Waals surface area contributed by atoms with Crippen molar-refractivity contribution in [3.63, 3.8) is 0 Å². The first-order valence-electron chi connectivity index (χ1n) is 8.64. The fraction of sp³-hybridized carbons (Fsp3) is 0.278. The molecule has 0 saturated carbocycles. The van der Waals surface area contributed by atoms with Crippen molar-refractivity contribution in [2.75, 3.05) is 19.6 Å². The number of sulfonamides is 1. The Bertz CT molecular complexity index is 1020. The second-order valence-corrected chi connectivity index (χ2v) is 8.23. The van der Waals surface area contributed by atoms with Gasteiger partial charge in [-0.1, -0.05) is 30.3 Å². The number of rotatable bonds is 4. The predicted molar refractivity (Wildman–Crippen MR) is 107 cm³/mol. The summed E-state index contributed by atoms with van der Waals surface area (Å²) in [7, 11) is -1.88. The van der Waals surface area contributed by atoms with E-state index in [0.29, 0.717) is 31.3 Å². The molecule has 0 radical (unpaired) electrons. The van der Waals surface area contributed by atoms with Gasteiger partial charge < -0.3 is 9.88 Å². The molecule has 28 heavy (non-hydrogen) atoms. The van der Waals surface area contributed by atoms with Crippen LogP contribution in [0.4, 0.5) is 0 Å². The molecule has 1 aliphatic rings. The van der Waals surface area contributed by atoms with Gasteiger partial charge >= 0.3 is 0 Å². The van der Waals surface area contributed by atoms with Crippen LogP contribution in [0, 0.1) is 0 Å². The lowest BCUT2D eigenvalue weighted by Crippen LogP contribution is -2.49. The maximum absolute atomic E-state index is 13.2. The second kappa shape index (κ2) is 8.36. The number of nitrogens with one attached hydrogen (secondary N) is 1. The molecule has 148 valence electrons. The number of nitrogens with zero attached hydrogens (tertiary/aromatic N) is 5. The standard InChI is InChI=1S/C18H20N6O2S.ClH/c1-23-9-8-20-18(23)16-13-19-7-10-24(16)27(25,26)15-11-21-17(22-12-15)14-5-3-2-4-6-14;/h2-6,8-9,11-12,16,19H,7,10,13H2,1H3;1H. The van der Waals surface area contributed by atoms with Crippen molar-refractivity contribution in [3.05, 3.63) is 60.9 Å². The van der Waals surface area contributed by atoms with Gasteiger partial charge in [0, 0.05) is 44.6 Å². The van der Waals surface area contributed by atoms with Crippen LogP contribution in [0.1, 0.15) is 11.9 Å².